The fourth-order valence-electron chi connectivity index (χ4n) is 3.37. The van der Waals surface area contributed by atoms with Crippen molar-refractivity contribution in [1.29, 1.82) is 0 Å². The summed E-state index contributed by atoms with van der Waals surface area (Å²) in [6.45, 7) is 6.59. The van der Waals surface area contributed by atoms with Crippen molar-refractivity contribution < 1.29 is 13.9 Å². The van der Waals surface area contributed by atoms with E-state index < -0.39 is 11.7 Å². The van der Waals surface area contributed by atoms with Crippen molar-refractivity contribution in [3.8, 4) is 11.3 Å². The highest BCUT2D eigenvalue weighted by molar-refractivity contribution is 5.99. The van der Waals surface area contributed by atoms with E-state index >= 15 is 0 Å². The summed E-state index contributed by atoms with van der Waals surface area (Å²) in [7, 11) is 0. The van der Waals surface area contributed by atoms with Crippen LogP contribution >= 0.6 is 0 Å². The minimum Gasteiger partial charge on any atom is -0.444 e. The van der Waals surface area contributed by atoms with E-state index in [4.69, 9.17) is 25.7 Å². The molecule has 3 aromatic heterocycles. The molecule has 1 aromatic carbocycles. The third-order valence-electron chi connectivity index (χ3n) is 4.70. The van der Waals surface area contributed by atoms with E-state index in [1.54, 1.807) is 10.7 Å². The molecule has 11 heteroatoms. The second-order valence-corrected chi connectivity index (χ2v) is 8.40. The number of carbonyl (C=O) groups is 1. The molecule has 4 rings (SSSR count). The van der Waals surface area contributed by atoms with Gasteiger partial charge in [0.25, 0.3) is 6.01 Å². The molecule has 0 radical (unpaired) electrons. The lowest BCUT2D eigenvalue weighted by molar-refractivity contribution is 0.0527. The number of alkyl carbamates (subject to hydrolysis) is 1. The van der Waals surface area contributed by atoms with Gasteiger partial charge in [0.1, 0.15) is 29.0 Å². The van der Waals surface area contributed by atoms with E-state index in [9.17, 15) is 4.79 Å². The number of ether oxygens (including phenoxy) is 1. The highest BCUT2D eigenvalue weighted by Crippen LogP contribution is 2.32. The van der Waals surface area contributed by atoms with Crippen LogP contribution in [0.1, 0.15) is 33.6 Å². The molecule has 0 fully saturated rings. The predicted octanol–water partition coefficient (Wildman–Crippen LogP) is 3.10. The van der Waals surface area contributed by atoms with Gasteiger partial charge in [-0.1, -0.05) is 0 Å². The Morgan fingerprint density at radius 2 is 2.03 bits per heavy atom. The fourth-order valence-corrected chi connectivity index (χ4v) is 3.37. The third kappa shape index (κ3) is 4.56. The highest BCUT2D eigenvalue weighted by Gasteiger charge is 2.18. The number of unbranched alkanes of at least 4 members (excludes halogenated alkanes) is 1. The molecule has 0 saturated carbocycles. The van der Waals surface area contributed by atoms with Gasteiger partial charge in [0.2, 0.25) is 0 Å². The summed E-state index contributed by atoms with van der Waals surface area (Å²) in [6, 6.07) is 5.62. The number of oxazole rings is 1. The molecule has 0 aliphatic carbocycles. The molecule has 32 heavy (non-hydrogen) atoms. The van der Waals surface area contributed by atoms with Crippen LogP contribution in [0, 0.1) is 0 Å². The number of hydrogen-bond donors (Lipinski definition) is 3. The quantitative estimate of drug-likeness (QED) is 0.384. The molecule has 0 spiro atoms. The number of aryl methyl sites for hydroxylation is 1. The zero-order valence-electron chi connectivity index (χ0n) is 18.3. The lowest BCUT2D eigenvalue weighted by atomic mass is 10.1. The molecule has 5 N–H and O–H groups in total. The number of carbonyl (C=O) groups excluding carboxylic acids is 1. The number of nitrogens with zero attached hydrogens (tertiary/aromatic N) is 5. The van der Waals surface area contributed by atoms with Crippen LogP contribution in [0.3, 0.4) is 0 Å². The van der Waals surface area contributed by atoms with Gasteiger partial charge >= 0.3 is 6.09 Å². The van der Waals surface area contributed by atoms with Gasteiger partial charge in [-0.3, -0.25) is 0 Å². The van der Waals surface area contributed by atoms with Gasteiger partial charge in [-0.2, -0.15) is 10.1 Å². The lowest BCUT2D eigenvalue weighted by Crippen LogP contribution is -2.33. The molecule has 168 valence electrons. The zero-order chi connectivity index (χ0) is 22.9. The first kappa shape index (κ1) is 21.3. The molecule has 0 aliphatic rings. The Bertz CT molecular complexity index is 1270. The Morgan fingerprint density at radius 1 is 1.22 bits per heavy atom. The molecule has 3 heterocycles. The first-order valence-corrected chi connectivity index (χ1v) is 10.3. The maximum Gasteiger partial charge on any atom is 0.407 e. The summed E-state index contributed by atoms with van der Waals surface area (Å²) in [6.07, 6.45) is 2.52. The Balaban J connectivity index is 1.50. The largest absolute Gasteiger partial charge is 0.444 e. The second-order valence-electron chi connectivity index (χ2n) is 8.40. The van der Waals surface area contributed by atoms with Crippen molar-refractivity contribution in [2.75, 3.05) is 18.0 Å². The van der Waals surface area contributed by atoms with Crippen LogP contribution in [-0.2, 0) is 11.3 Å². The van der Waals surface area contributed by atoms with Gasteiger partial charge in [0, 0.05) is 18.7 Å². The average Bonchev–Trinajstić information content (AvgIpc) is 3.26. The van der Waals surface area contributed by atoms with Crippen LogP contribution in [-0.4, -0.2) is 43.0 Å². The minimum atomic E-state index is -0.519. The van der Waals surface area contributed by atoms with Crippen LogP contribution in [0.2, 0.25) is 0 Å². The number of benzene rings is 1. The van der Waals surface area contributed by atoms with Crippen molar-refractivity contribution in [3.63, 3.8) is 0 Å². The topological polar surface area (TPSA) is 160 Å². The van der Waals surface area contributed by atoms with Crippen LogP contribution in [0.5, 0.6) is 0 Å². The lowest BCUT2D eigenvalue weighted by Gasteiger charge is -2.19. The summed E-state index contributed by atoms with van der Waals surface area (Å²) in [5.41, 5.74) is 14.6. The number of hydrogen-bond acceptors (Lipinski definition) is 9. The number of amides is 1. The Morgan fingerprint density at radius 3 is 2.81 bits per heavy atom. The maximum absolute atomic E-state index is 11.8. The summed E-state index contributed by atoms with van der Waals surface area (Å²) >= 11 is 0. The first-order chi connectivity index (χ1) is 15.2. The number of rotatable bonds is 6. The molecule has 0 bridgehead atoms. The van der Waals surface area contributed by atoms with Crippen molar-refractivity contribution in [2.24, 2.45) is 0 Å². The molecule has 1 amide bonds. The van der Waals surface area contributed by atoms with Crippen molar-refractivity contribution >= 4 is 40.1 Å². The smallest absolute Gasteiger partial charge is 0.407 e. The Hall–Kier alpha value is -3.89. The average molecular weight is 438 g/mol. The normalized spacial score (nSPS) is 11.8. The van der Waals surface area contributed by atoms with Gasteiger partial charge in [0.15, 0.2) is 11.2 Å². The van der Waals surface area contributed by atoms with Crippen LogP contribution < -0.4 is 16.8 Å². The van der Waals surface area contributed by atoms with E-state index in [-0.39, 0.29) is 6.01 Å². The van der Waals surface area contributed by atoms with Gasteiger partial charge in [0.05, 0.1) is 5.39 Å². The van der Waals surface area contributed by atoms with E-state index in [2.05, 4.69) is 20.3 Å². The molecule has 0 saturated heterocycles. The number of nitrogen functional groups attached to an aromatic ring is 2. The third-order valence-corrected chi connectivity index (χ3v) is 4.70. The molecule has 11 nitrogen and oxygen atoms in total. The summed E-state index contributed by atoms with van der Waals surface area (Å²) in [4.78, 5) is 24.5. The standard InChI is InChI=1S/C21H26N8O3/c1-21(2,3)32-20(30)24-8-4-5-9-29-18-15(17(22)25-11-26-18)16(28-29)12-6-7-14-13(10-12)27-19(23)31-14/h6-7,10-11H,4-5,8-9H2,1-3H3,(H2,23,27)(H,24,30)(H2,22,25,26). The SMILES string of the molecule is CC(C)(C)OC(=O)NCCCCn1nc(-c2ccc3oc(N)nc3c2)c2c(N)ncnc21. The summed E-state index contributed by atoms with van der Waals surface area (Å²) < 4.78 is 12.4. The van der Waals surface area contributed by atoms with Gasteiger partial charge < -0.3 is 25.9 Å². The molecule has 0 unspecified atom stereocenters. The fraction of sp³-hybridized carbons (Fsp3) is 0.381. The van der Waals surface area contributed by atoms with Gasteiger partial charge in [-0.15, -0.1) is 0 Å². The number of nitrogens with two attached hydrogens (primary N) is 2. The number of aromatic nitrogens is 5. The minimum absolute atomic E-state index is 0.107. The van der Waals surface area contributed by atoms with Crippen LogP contribution in [0.15, 0.2) is 28.9 Å². The number of fused-ring (bicyclic) bond motifs is 2. The van der Waals surface area contributed by atoms with Gasteiger partial charge in [-0.05, 0) is 51.8 Å². The van der Waals surface area contributed by atoms with E-state index in [0.717, 1.165) is 18.4 Å². The maximum atomic E-state index is 11.8. The molecule has 0 aliphatic heterocycles. The summed E-state index contributed by atoms with van der Waals surface area (Å²) in [5, 5.41) is 8.18. The van der Waals surface area contributed by atoms with Crippen molar-refractivity contribution in [3.05, 3.63) is 24.5 Å². The second kappa shape index (κ2) is 8.33. The van der Waals surface area contributed by atoms with Crippen molar-refractivity contribution in [1.82, 2.24) is 30.0 Å². The summed E-state index contributed by atoms with van der Waals surface area (Å²) in [5.74, 6) is 0.350. The number of anilines is 2. The molecule has 0 atom stereocenters. The van der Waals surface area contributed by atoms with Crippen LogP contribution in [0.25, 0.3) is 33.4 Å². The zero-order valence-corrected chi connectivity index (χ0v) is 18.3. The van der Waals surface area contributed by atoms with Gasteiger partial charge in [-0.25, -0.2) is 19.4 Å². The monoisotopic (exact) mass is 438 g/mol. The highest BCUT2D eigenvalue weighted by atomic mass is 16.6. The van der Waals surface area contributed by atoms with E-state index in [1.807, 2.05) is 32.9 Å². The van der Waals surface area contributed by atoms with Crippen molar-refractivity contribution in [2.45, 2.75) is 45.8 Å². The molecular weight excluding hydrogens is 412 g/mol. The Labute approximate surface area is 184 Å². The first-order valence-electron chi connectivity index (χ1n) is 10.3. The van der Waals surface area contributed by atoms with E-state index in [0.29, 0.717) is 46.7 Å². The van der Waals surface area contributed by atoms with E-state index in [1.165, 1.54) is 6.33 Å². The van der Waals surface area contributed by atoms with Crippen LogP contribution in [0.4, 0.5) is 16.6 Å². The predicted molar refractivity (Wildman–Crippen MR) is 121 cm³/mol. The Kier molecular flexibility index (Phi) is 5.56. The number of nitrogens with one attached hydrogen (secondary N) is 1. The molecule has 4 aromatic rings. The molecular formula is C21H26N8O3.